The minimum absolute atomic E-state index is 0.0937. The molecule has 0 radical (unpaired) electrons. The fraction of sp³-hybridized carbons (Fsp3) is 0.250. The summed E-state index contributed by atoms with van der Waals surface area (Å²) in [7, 11) is 1.51. The molecule has 0 aliphatic rings. The van der Waals surface area contributed by atoms with Gasteiger partial charge in [-0.1, -0.05) is 22.9 Å². The first-order valence-corrected chi connectivity index (χ1v) is 6.56. The third-order valence-corrected chi connectivity index (χ3v) is 3.15. The van der Waals surface area contributed by atoms with Gasteiger partial charge in [0, 0.05) is 11.5 Å². The Labute approximate surface area is 122 Å². The van der Waals surface area contributed by atoms with Gasteiger partial charge in [0.15, 0.2) is 11.6 Å². The number of hydrogen-bond donors (Lipinski definition) is 0. The van der Waals surface area contributed by atoms with Crippen molar-refractivity contribution in [2.45, 2.75) is 13.3 Å². The standard InChI is InChI=1S/C12H11BrFN3O3/c1-3-9-11(17(18)19)12(16(2)15-9)20-10-6-7(13)4-5-8(10)14/h4-6H,3H2,1-2H3. The summed E-state index contributed by atoms with van der Waals surface area (Å²) in [5.74, 6) is -0.807. The number of ether oxygens (including phenoxy) is 1. The minimum atomic E-state index is -0.609. The number of aryl methyl sites for hydroxylation is 2. The minimum Gasteiger partial charge on any atom is -0.431 e. The SMILES string of the molecule is CCc1nn(C)c(Oc2cc(Br)ccc2F)c1[N+](=O)[O-]. The van der Waals surface area contributed by atoms with Gasteiger partial charge >= 0.3 is 5.69 Å². The molecule has 0 fully saturated rings. The largest absolute Gasteiger partial charge is 0.431 e. The van der Waals surface area contributed by atoms with Crippen LogP contribution in [-0.2, 0) is 13.5 Å². The second-order valence-corrected chi connectivity index (χ2v) is 4.93. The van der Waals surface area contributed by atoms with Crippen molar-refractivity contribution in [2.75, 3.05) is 0 Å². The number of hydrogen-bond acceptors (Lipinski definition) is 4. The predicted molar refractivity (Wildman–Crippen MR) is 73.4 cm³/mol. The van der Waals surface area contributed by atoms with Crippen LogP contribution in [0.3, 0.4) is 0 Å². The maximum Gasteiger partial charge on any atom is 0.353 e. The fourth-order valence-electron chi connectivity index (χ4n) is 1.75. The molecule has 0 aliphatic carbocycles. The molecule has 0 saturated heterocycles. The van der Waals surface area contributed by atoms with Crippen LogP contribution in [0.15, 0.2) is 22.7 Å². The molecule has 0 aliphatic heterocycles. The highest BCUT2D eigenvalue weighted by Crippen LogP contribution is 2.35. The Kier molecular flexibility index (Phi) is 4.03. The average molecular weight is 344 g/mol. The van der Waals surface area contributed by atoms with Crippen LogP contribution in [0.25, 0.3) is 0 Å². The predicted octanol–water partition coefficient (Wildman–Crippen LogP) is 3.58. The first-order chi connectivity index (χ1) is 9.43. The number of benzene rings is 1. The molecule has 0 N–H and O–H groups in total. The molecule has 0 amide bonds. The van der Waals surface area contributed by atoms with Crippen LogP contribution in [0.2, 0.25) is 0 Å². The van der Waals surface area contributed by atoms with Crippen LogP contribution in [0.4, 0.5) is 10.1 Å². The van der Waals surface area contributed by atoms with Gasteiger partial charge in [0.1, 0.15) is 5.69 Å². The molecule has 2 aromatic rings. The second kappa shape index (κ2) is 5.58. The van der Waals surface area contributed by atoms with E-state index >= 15 is 0 Å². The molecule has 6 nitrogen and oxygen atoms in total. The van der Waals surface area contributed by atoms with Crippen LogP contribution in [0.5, 0.6) is 11.6 Å². The van der Waals surface area contributed by atoms with E-state index < -0.39 is 10.7 Å². The quantitative estimate of drug-likeness (QED) is 0.628. The first-order valence-electron chi connectivity index (χ1n) is 5.77. The van der Waals surface area contributed by atoms with Gasteiger partial charge in [0.05, 0.1) is 4.92 Å². The number of halogens is 2. The van der Waals surface area contributed by atoms with E-state index in [9.17, 15) is 14.5 Å². The summed E-state index contributed by atoms with van der Waals surface area (Å²) in [6, 6.07) is 4.12. The lowest BCUT2D eigenvalue weighted by Crippen LogP contribution is -1.98. The lowest BCUT2D eigenvalue weighted by molar-refractivity contribution is -0.386. The van der Waals surface area contributed by atoms with Gasteiger partial charge in [-0.2, -0.15) is 5.10 Å². The molecule has 0 saturated carbocycles. The highest BCUT2D eigenvalue weighted by atomic mass is 79.9. The maximum atomic E-state index is 13.7. The summed E-state index contributed by atoms with van der Waals surface area (Å²) in [4.78, 5) is 10.6. The number of nitrogens with zero attached hydrogens (tertiary/aromatic N) is 3. The van der Waals surface area contributed by atoms with Crippen molar-refractivity contribution in [1.29, 1.82) is 0 Å². The average Bonchev–Trinajstić information content (AvgIpc) is 2.70. The van der Waals surface area contributed by atoms with E-state index in [-0.39, 0.29) is 17.3 Å². The zero-order valence-electron chi connectivity index (χ0n) is 10.8. The Balaban J connectivity index is 2.50. The van der Waals surface area contributed by atoms with Crippen molar-refractivity contribution in [2.24, 2.45) is 7.05 Å². The molecule has 2 rings (SSSR count). The van der Waals surface area contributed by atoms with Crippen molar-refractivity contribution in [3.05, 3.63) is 44.3 Å². The Bertz CT molecular complexity index is 672. The van der Waals surface area contributed by atoms with Gasteiger partial charge in [-0.05, 0) is 24.6 Å². The van der Waals surface area contributed by atoms with Gasteiger partial charge < -0.3 is 4.74 Å². The molecule has 0 atom stereocenters. The van der Waals surface area contributed by atoms with Gasteiger partial charge in [0.25, 0.3) is 5.88 Å². The summed E-state index contributed by atoms with van der Waals surface area (Å²) in [6.07, 6.45) is 0.383. The summed E-state index contributed by atoms with van der Waals surface area (Å²) < 4.78 is 20.9. The Morgan fingerprint density at radius 3 is 2.85 bits per heavy atom. The Morgan fingerprint density at radius 2 is 2.25 bits per heavy atom. The second-order valence-electron chi connectivity index (χ2n) is 4.01. The third kappa shape index (κ3) is 2.64. The Morgan fingerprint density at radius 1 is 1.55 bits per heavy atom. The summed E-state index contributed by atoms with van der Waals surface area (Å²) in [6.45, 7) is 1.75. The molecule has 0 unspecified atom stereocenters. The number of aromatic nitrogens is 2. The van der Waals surface area contributed by atoms with Crippen LogP contribution in [0.1, 0.15) is 12.6 Å². The molecule has 0 spiro atoms. The highest BCUT2D eigenvalue weighted by molar-refractivity contribution is 9.10. The highest BCUT2D eigenvalue weighted by Gasteiger charge is 2.28. The van der Waals surface area contributed by atoms with Crippen LogP contribution in [-0.4, -0.2) is 14.7 Å². The van der Waals surface area contributed by atoms with E-state index in [1.54, 1.807) is 6.92 Å². The zero-order chi connectivity index (χ0) is 14.9. The number of nitro groups is 1. The van der Waals surface area contributed by atoms with E-state index in [1.807, 2.05) is 0 Å². The van der Waals surface area contributed by atoms with Crippen LogP contribution < -0.4 is 4.74 Å². The molecular weight excluding hydrogens is 333 g/mol. The zero-order valence-corrected chi connectivity index (χ0v) is 12.3. The maximum absolute atomic E-state index is 13.7. The monoisotopic (exact) mass is 343 g/mol. The molecule has 0 bridgehead atoms. The molecule has 106 valence electrons. The van der Waals surface area contributed by atoms with Gasteiger partial charge in [-0.3, -0.25) is 10.1 Å². The van der Waals surface area contributed by atoms with Gasteiger partial charge in [-0.25, -0.2) is 9.07 Å². The fourth-order valence-corrected chi connectivity index (χ4v) is 2.09. The molecular formula is C12H11BrFN3O3. The lowest BCUT2D eigenvalue weighted by Gasteiger charge is -2.06. The molecule has 1 aromatic carbocycles. The normalized spacial score (nSPS) is 10.6. The van der Waals surface area contributed by atoms with E-state index in [0.29, 0.717) is 16.6 Å². The smallest absolute Gasteiger partial charge is 0.353 e. The van der Waals surface area contributed by atoms with Crippen LogP contribution >= 0.6 is 15.9 Å². The van der Waals surface area contributed by atoms with Crippen LogP contribution in [0, 0.1) is 15.9 Å². The van der Waals surface area contributed by atoms with Crippen molar-refractivity contribution in [3.63, 3.8) is 0 Å². The van der Waals surface area contributed by atoms with Gasteiger partial charge in [-0.15, -0.1) is 0 Å². The number of rotatable bonds is 4. The summed E-state index contributed by atoms with van der Waals surface area (Å²) >= 11 is 3.19. The lowest BCUT2D eigenvalue weighted by atomic mass is 10.3. The van der Waals surface area contributed by atoms with Gasteiger partial charge in [0.2, 0.25) is 0 Å². The van der Waals surface area contributed by atoms with E-state index in [4.69, 9.17) is 4.74 Å². The van der Waals surface area contributed by atoms with Crippen molar-refractivity contribution >= 4 is 21.6 Å². The van der Waals surface area contributed by atoms with E-state index in [1.165, 1.54) is 29.9 Å². The molecule has 1 heterocycles. The topological polar surface area (TPSA) is 70.2 Å². The van der Waals surface area contributed by atoms with Crippen molar-refractivity contribution < 1.29 is 14.1 Å². The molecule has 20 heavy (non-hydrogen) atoms. The van der Waals surface area contributed by atoms with Crippen molar-refractivity contribution in [3.8, 4) is 11.6 Å². The summed E-state index contributed by atoms with van der Waals surface area (Å²) in [5.41, 5.74) is 0.0530. The molecule has 8 heteroatoms. The molecule has 1 aromatic heterocycles. The third-order valence-electron chi connectivity index (χ3n) is 2.66. The first kappa shape index (κ1) is 14.4. The van der Waals surface area contributed by atoms with Crippen molar-refractivity contribution in [1.82, 2.24) is 9.78 Å². The Hall–Kier alpha value is -1.96. The van der Waals surface area contributed by atoms with E-state index in [2.05, 4.69) is 21.0 Å². The van der Waals surface area contributed by atoms with E-state index in [0.717, 1.165) is 0 Å². The summed E-state index contributed by atoms with van der Waals surface area (Å²) in [5, 5.41) is 15.1.